The molecule has 2 unspecified atom stereocenters. The van der Waals surface area contributed by atoms with Crippen LogP contribution in [0.15, 0.2) is 79.4 Å². The van der Waals surface area contributed by atoms with Gasteiger partial charge in [0.1, 0.15) is 17.4 Å². The van der Waals surface area contributed by atoms with Gasteiger partial charge in [-0.05, 0) is 76.4 Å². The Bertz CT molecular complexity index is 1920. The normalized spacial score (nSPS) is 17.8. The molecule has 3 N–H and O–H groups in total. The topological polar surface area (TPSA) is 137 Å². The van der Waals surface area contributed by atoms with Crippen LogP contribution in [0.1, 0.15) is 66.0 Å². The summed E-state index contributed by atoms with van der Waals surface area (Å²) in [5.41, 5.74) is 4.39. The lowest BCUT2D eigenvalue weighted by atomic mass is 9.81. The maximum Gasteiger partial charge on any atom is 0.329 e. The fourth-order valence-corrected chi connectivity index (χ4v) is 7.20. The summed E-state index contributed by atoms with van der Waals surface area (Å²) in [6, 6.07) is 19.7. The molecule has 0 saturated heterocycles. The second-order valence-electron chi connectivity index (χ2n) is 12.7. The number of carbonyl (C=O) groups excluding carboxylic acids is 1. The highest BCUT2D eigenvalue weighted by molar-refractivity contribution is 7.90. The SMILES string of the molecule is Cc1ccc2c(c1)c(C(N[S+]([O-])C(C)(C)C)C(=O)O)c1n2C[C@@](NC(=O)c2ccc(-n3cnnc3)cc2Cl)(c2ccccc2)CC1. The quantitative estimate of drug-likeness (QED) is 0.184. The van der Waals surface area contributed by atoms with Crippen LogP contribution in [-0.2, 0) is 34.7 Å². The van der Waals surface area contributed by atoms with Crippen LogP contribution < -0.4 is 10.0 Å². The van der Waals surface area contributed by atoms with Crippen LogP contribution in [0.4, 0.5) is 0 Å². The Morgan fingerprint density at radius 3 is 2.43 bits per heavy atom. The molecule has 1 amide bonds. The zero-order valence-corrected chi connectivity index (χ0v) is 27.5. The van der Waals surface area contributed by atoms with E-state index in [1.807, 2.05) is 55.5 Å². The number of carboxylic acids is 1. The molecule has 6 rings (SSSR count). The van der Waals surface area contributed by atoms with Gasteiger partial charge in [-0.2, -0.15) is 0 Å². The van der Waals surface area contributed by atoms with E-state index in [-0.39, 0.29) is 10.9 Å². The number of hydrogen-bond acceptors (Lipinski definition) is 6. The summed E-state index contributed by atoms with van der Waals surface area (Å²) in [5, 5.41) is 22.5. The number of halogens is 1. The van der Waals surface area contributed by atoms with Crippen molar-refractivity contribution >= 4 is 45.7 Å². The molecule has 3 heterocycles. The van der Waals surface area contributed by atoms with Gasteiger partial charge in [-0.25, -0.2) is 4.79 Å². The van der Waals surface area contributed by atoms with Crippen LogP contribution >= 0.6 is 11.6 Å². The van der Waals surface area contributed by atoms with E-state index in [0.29, 0.717) is 30.5 Å². The van der Waals surface area contributed by atoms with Gasteiger partial charge in [0.05, 0.1) is 22.7 Å². The van der Waals surface area contributed by atoms with Gasteiger partial charge >= 0.3 is 5.97 Å². The third-order valence-electron chi connectivity index (χ3n) is 8.50. The average molecular weight is 659 g/mol. The fraction of sp³-hybridized carbons (Fsp3) is 0.294. The molecular formula is C34H35ClN6O4S. The summed E-state index contributed by atoms with van der Waals surface area (Å²) in [6.07, 6.45) is 4.07. The lowest BCUT2D eigenvalue weighted by Gasteiger charge is -2.40. The molecule has 0 bridgehead atoms. The van der Waals surface area contributed by atoms with Crippen molar-refractivity contribution in [2.75, 3.05) is 0 Å². The Kier molecular flexibility index (Phi) is 8.45. The largest absolute Gasteiger partial charge is 0.598 e. The number of amides is 1. The first-order valence-electron chi connectivity index (χ1n) is 14.9. The Labute approximate surface area is 275 Å². The van der Waals surface area contributed by atoms with Crippen molar-refractivity contribution < 1.29 is 19.2 Å². The number of carbonyl (C=O) groups is 2. The van der Waals surface area contributed by atoms with Crippen LogP contribution in [0, 0.1) is 6.92 Å². The minimum Gasteiger partial charge on any atom is -0.598 e. The van der Waals surface area contributed by atoms with Crippen LogP contribution in [-0.4, -0.2) is 45.6 Å². The van der Waals surface area contributed by atoms with Gasteiger partial charge in [0.15, 0.2) is 6.04 Å². The van der Waals surface area contributed by atoms with Gasteiger partial charge in [0.2, 0.25) is 0 Å². The van der Waals surface area contributed by atoms with Crippen molar-refractivity contribution in [1.29, 1.82) is 0 Å². The van der Waals surface area contributed by atoms with E-state index in [4.69, 9.17) is 11.6 Å². The van der Waals surface area contributed by atoms with Gasteiger partial charge in [-0.3, -0.25) is 9.36 Å². The highest BCUT2D eigenvalue weighted by Gasteiger charge is 2.43. The molecule has 3 atom stereocenters. The number of aromatic nitrogens is 4. The number of hydrogen-bond donors (Lipinski definition) is 3. The molecule has 1 aliphatic rings. The van der Waals surface area contributed by atoms with Gasteiger partial charge in [-0.1, -0.05) is 53.6 Å². The predicted molar refractivity (Wildman–Crippen MR) is 178 cm³/mol. The molecule has 0 saturated carbocycles. The number of nitrogens with one attached hydrogen (secondary N) is 2. The second-order valence-corrected chi connectivity index (χ2v) is 15.1. The minimum atomic E-state index is -1.63. The number of fused-ring (bicyclic) bond motifs is 3. The zero-order chi connectivity index (χ0) is 32.8. The van der Waals surface area contributed by atoms with E-state index >= 15 is 0 Å². The molecule has 46 heavy (non-hydrogen) atoms. The molecule has 3 aromatic carbocycles. The molecule has 0 fully saturated rings. The molecule has 2 aromatic heterocycles. The molecule has 0 spiro atoms. The first-order chi connectivity index (χ1) is 21.9. The monoisotopic (exact) mass is 658 g/mol. The summed E-state index contributed by atoms with van der Waals surface area (Å²) >= 11 is 5.03. The standard InChI is InChI=1S/C34H35ClN6O4S/c1-21-10-13-27-25(16-21)29(30(32(43)44)39-46(45)33(2,3)4)28-14-15-34(18-41(27)28,22-8-6-5-7-9-22)38-31(42)24-12-11-23(17-26(24)35)40-19-36-37-20-40/h5-13,16-17,19-20,30,39H,14-15,18H2,1-4H3,(H,38,42)(H,43,44)/t30?,34-,46?/m1/s1. The maximum atomic E-state index is 14.0. The van der Waals surface area contributed by atoms with Crippen molar-refractivity contribution in [3.63, 3.8) is 0 Å². The van der Waals surface area contributed by atoms with Crippen LogP contribution in [0.2, 0.25) is 5.02 Å². The Balaban J connectivity index is 1.44. The molecule has 0 radical (unpaired) electrons. The van der Waals surface area contributed by atoms with Gasteiger partial charge in [-0.15, -0.1) is 14.9 Å². The Morgan fingerprint density at radius 1 is 1.07 bits per heavy atom. The lowest BCUT2D eigenvalue weighted by Crippen LogP contribution is -2.51. The Morgan fingerprint density at radius 2 is 1.78 bits per heavy atom. The summed E-state index contributed by atoms with van der Waals surface area (Å²) in [7, 11) is 0. The van der Waals surface area contributed by atoms with E-state index in [1.54, 1.807) is 56.2 Å². The molecule has 12 heteroatoms. The third kappa shape index (κ3) is 5.91. The van der Waals surface area contributed by atoms with Crippen LogP contribution in [0.5, 0.6) is 0 Å². The maximum absolute atomic E-state index is 14.0. The first-order valence-corrected chi connectivity index (χ1v) is 16.5. The number of aliphatic carboxylic acids is 1. The summed E-state index contributed by atoms with van der Waals surface area (Å²) < 4.78 is 19.2. The molecular weight excluding hydrogens is 624 g/mol. The number of benzene rings is 3. The summed E-state index contributed by atoms with van der Waals surface area (Å²) in [6.45, 7) is 7.72. The number of rotatable bonds is 8. The highest BCUT2D eigenvalue weighted by atomic mass is 35.5. The molecule has 238 valence electrons. The van der Waals surface area contributed by atoms with E-state index in [0.717, 1.165) is 33.4 Å². The molecule has 1 aliphatic heterocycles. The minimum absolute atomic E-state index is 0.287. The van der Waals surface area contributed by atoms with Crippen molar-refractivity contribution in [2.45, 2.75) is 63.4 Å². The van der Waals surface area contributed by atoms with Crippen LogP contribution in [0.25, 0.3) is 16.6 Å². The summed E-state index contributed by atoms with van der Waals surface area (Å²) in [4.78, 5) is 26.8. The molecule has 0 aliphatic carbocycles. The van der Waals surface area contributed by atoms with E-state index in [9.17, 15) is 19.2 Å². The highest BCUT2D eigenvalue weighted by Crippen LogP contribution is 2.42. The van der Waals surface area contributed by atoms with Crippen LogP contribution in [0.3, 0.4) is 0 Å². The van der Waals surface area contributed by atoms with Gasteiger partial charge in [0, 0.05) is 39.2 Å². The molecule has 5 aromatic rings. The van der Waals surface area contributed by atoms with Crippen molar-refractivity contribution in [3.05, 3.63) is 112 Å². The van der Waals surface area contributed by atoms with Crippen molar-refractivity contribution in [2.24, 2.45) is 0 Å². The predicted octanol–water partition coefficient (Wildman–Crippen LogP) is 5.63. The van der Waals surface area contributed by atoms with Crippen molar-refractivity contribution in [1.82, 2.24) is 29.4 Å². The van der Waals surface area contributed by atoms with Gasteiger partial charge in [0.25, 0.3) is 5.91 Å². The number of aryl methyl sites for hydroxylation is 1. The number of nitrogens with zero attached hydrogens (tertiary/aromatic N) is 4. The molecule has 10 nitrogen and oxygen atoms in total. The average Bonchev–Trinajstić information content (AvgIpc) is 3.66. The van der Waals surface area contributed by atoms with E-state index in [2.05, 4.69) is 24.8 Å². The number of carboxylic acid groups (broad SMARTS) is 1. The smallest absolute Gasteiger partial charge is 0.329 e. The lowest BCUT2D eigenvalue weighted by molar-refractivity contribution is -0.139. The third-order valence-corrected chi connectivity index (χ3v) is 10.4. The van der Waals surface area contributed by atoms with E-state index < -0.39 is 33.7 Å². The van der Waals surface area contributed by atoms with E-state index in [1.165, 1.54) is 0 Å². The Hall–Kier alpha value is -4.16. The van der Waals surface area contributed by atoms with Crippen molar-refractivity contribution in [3.8, 4) is 5.69 Å². The first kappa shape index (κ1) is 31.8. The summed E-state index contributed by atoms with van der Waals surface area (Å²) in [5.74, 6) is -1.43. The fourth-order valence-electron chi connectivity index (χ4n) is 6.15. The zero-order valence-electron chi connectivity index (χ0n) is 26.0. The second kappa shape index (κ2) is 12.2. The van der Waals surface area contributed by atoms with Gasteiger partial charge < -0.3 is 19.5 Å².